The molecule has 7 nitrogen and oxygen atoms in total. The number of ether oxygens (including phenoxy) is 2. The molecule has 1 heterocycles. The molecule has 3 rings (SSSR count). The zero-order chi connectivity index (χ0) is 24.5. The lowest BCUT2D eigenvalue weighted by Crippen LogP contribution is -2.48. The van der Waals surface area contributed by atoms with E-state index in [9.17, 15) is 26.4 Å². The van der Waals surface area contributed by atoms with Gasteiger partial charge < -0.3 is 14.4 Å². The van der Waals surface area contributed by atoms with Crippen LogP contribution in [0.4, 0.5) is 18.0 Å². The van der Waals surface area contributed by atoms with Crippen LogP contribution >= 0.6 is 0 Å². The van der Waals surface area contributed by atoms with Gasteiger partial charge in [-0.1, -0.05) is 30.3 Å². The second kappa shape index (κ2) is 8.86. The van der Waals surface area contributed by atoms with Crippen molar-refractivity contribution in [3.63, 3.8) is 0 Å². The third-order valence-corrected chi connectivity index (χ3v) is 6.50. The van der Waals surface area contributed by atoms with Crippen molar-refractivity contribution < 1.29 is 35.9 Å². The highest BCUT2D eigenvalue weighted by molar-refractivity contribution is 7.89. The Hall–Kier alpha value is -2.79. The van der Waals surface area contributed by atoms with Crippen LogP contribution < -0.4 is 9.46 Å². The summed E-state index contributed by atoms with van der Waals surface area (Å²) >= 11 is 0. The van der Waals surface area contributed by atoms with Gasteiger partial charge in [-0.3, -0.25) is 0 Å². The third kappa shape index (κ3) is 6.38. The molecule has 0 aliphatic carbocycles. The Morgan fingerprint density at radius 3 is 2.18 bits per heavy atom. The van der Waals surface area contributed by atoms with E-state index in [-0.39, 0.29) is 24.4 Å². The lowest BCUT2D eigenvalue weighted by atomic mass is 9.90. The number of carbonyl (C=O) groups is 1. The molecule has 0 aromatic heterocycles. The largest absolute Gasteiger partial charge is 0.573 e. The summed E-state index contributed by atoms with van der Waals surface area (Å²) in [6, 6.07) is 12.7. The molecular formula is C22H25F3N2O5S. The van der Waals surface area contributed by atoms with E-state index in [1.54, 1.807) is 51.1 Å². The molecule has 2 aromatic carbocycles. The molecule has 0 bridgehead atoms. The Bertz CT molecular complexity index is 1080. The Balaban J connectivity index is 1.88. The summed E-state index contributed by atoms with van der Waals surface area (Å²) in [6.45, 7) is 5.49. The van der Waals surface area contributed by atoms with Crippen molar-refractivity contribution >= 4 is 16.1 Å². The van der Waals surface area contributed by atoms with Crippen LogP contribution in [0.15, 0.2) is 59.5 Å². The van der Waals surface area contributed by atoms with Gasteiger partial charge in [0.1, 0.15) is 11.4 Å². The monoisotopic (exact) mass is 486 g/mol. The van der Waals surface area contributed by atoms with Crippen molar-refractivity contribution in [1.29, 1.82) is 0 Å². The van der Waals surface area contributed by atoms with Gasteiger partial charge in [-0.25, -0.2) is 13.2 Å². The average molecular weight is 487 g/mol. The molecule has 0 saturated carbocycles. The lowest BCUT2D eigenvalue weighted by molar-refractivity contribution is -0.274. The van der Waals surface area contributed by atoms with Crippen LogP contribution in [-0.2, 0) is 20.3 Å². The number of likely N-dealkylation sites (tertiary alicyclic amines) is 1. The molecule has 1 atom stereocenters. The first-order chi connectivity index (χ1) is 15.2. The van der Waals surface area contributed by atoms with E-state index in [1.165, 1.54) is 4.90 Å². The summed E-state index contributed by atoms with van der Waals surface area (Å²) in [7, 11) is -4.16. The molecule has 2 aromatic rings. The topological polar surface area (TPSA) is 84.9 Å². The molecule has 1 unspecified atom stereocenters. The van der Waals surface area contributed by atoms with Gasteiger partial charge in [0.2, 0.25) is 10.0 Å². The summed E-state index contributed by atoms with van der Waals surface area (Å²) in [4.78, 5) is 13.8. The van der Waals surface area contributed by atoms with E-state index in [2.05, 4.69) is 9.46 Å². The standard InChI is InChI=1S/C22H25F3N2O5S/c1-20(2,3)32-19(28)27-14-13-21(15-27,16-7-5-4-6-8-16)26-33(29,30)18-11-9-17(10-12-18)31-22(23,24)25/h4-12,26H,13-15H2,1-3H3. The maximum absolute atomic E-state index is 13.2. The third-order valence-electron chi connectivity index (χ3n) is 4.94. The molecule has 180 valence electrons. The zero-order valence-electron chi connectivity index (χ0n) is 18.3. The predicted octanol–water partition coefficient (Wildman–Crippen LogP) is 4.40. The van der Waals surface area contributed by atoms with Gasteiger partial charge in [0.25, 0.3) is 0 Å². The summed E-state index contributed by atoms with van der Waals surface area (Å²) in [5.41, 5.74) is -1.20. The Kier molecular flexibility index (Phi) is 6.67. The van der Waals surface area contributed by atoms with Crippen LogP contribution in [0.25, 0.3) is 0 Å². The molecule has 11 heteroatoms. The molecule has 0 radical (unpaired) electrons. The maximum Gasteiger partial charge on any atom is 0.573 e. The first kappa shape index (κ1) is 24.8. The van der Waals surface area contributed by atoms with Crippen molar-refractivity contribution in [3.05, 3.63) is 60.2 Å². The van der Waals surface area contributed by atoms with Crippen LogP contribution in [0.1, 0.15) is 32.8 Å². The van der Waals surface area contributed by atoms with Crippen molar-refractivity contribution in [2.24, 2.45) is 0 Å². The number of alkyl halides is 3. The van der Waals surface area contributed by atoms with Gasteiger partial charge in [0.05, 0.1) is 10.4 Å². The summed E-state index contributed by atoms with van der Waals surface area (Å²) in [5, 5.41) is 0. The van der Waals surface area contributed by atoms with E-state index in [4.69, 9.17) is 4.74 Å². The summed E-state index contributed by atoms with van der Waals surface area (Å²) in [6.07, 6.45) is -5.16. The second-order valence-electron chi connectivity index (χ2n) is 8.72. The highest BCUT2D eigenvalue weighted by Gasteiger charge is 2.45. The maximum atomic E-state index is 13.2. The number of hydrogen-bond acceptors (Lipinski definition) is 5. The van der Waals surface area contributed by atoms with E-state index in [0.717, 1.165) is 24.3 Å². The highest BCUT2D eigenvalue weighted by Crippen LogP contribution is 2.35. The van der Waals surface area contributed by atoms with E-state index in [0.29, 0.717) is 5.56 Å². The van der Waals surface area contributed by atoms with E-state index < -0.39 is 39.4 Å². The average Bonchev–Trinajstić information content (AvgIpc) is 3.11. The smallest absolute Gasteiger partial charge is 0.444 e. The lowest BCUT2D eigenvalue weighted by Gasteiger charge is -2.31. The van der Waals surface area contributed by atoms with Gasteiger partial charge in [-0.2, -0.15) is 4.72 Å². The summed E-state index contributed by atoms with van der Waals surface area (Å²) in [5.74, 6) is -0.531. The number of nitrogens with one attached hydrogen (secondary N) is 1. The number of carbonyl (C=O) groups excluding carboxylic acids is 1. The van der Waals surface area contributed by atoms with Crippen molar-refractivity contribution in [3.8, 4) is 5.75 Å². The highest BCUT2D eigenvalue weighted by atomic mass is 32.2. The number of halogens is 3. The minimum Gasteiger partial charge on any atom is -0.444 e. The molecular weight excluding hydrogens is 461 g/mol. The van der Waals surface area contributed by atoms with Gasteiger partial charge >= 0.3 is 12.5 Å². The fourth-order valence-electron chi connectivity index (χ4n) is 3.56. The minimum absolute atomic E-state index is 0.0282. The number of benzene rings is 2. The number of hydrogen-bond donors (Lipinski definition) is 1. The molecule has 1 N–H and O–H groups in total. The van der Waals surface area contributed by atoms with Crippen LogP contribution in [0.2, 0.25) is 0 Å². The fourth-order valence-corrected chi connectivity index (χ4v) is 4.97. The van der Waals surface area contributed by atoms with Crippen molar-refractivity contribution in [2.45, 2.75) is 49.6 Å². The second-order valence-corrected chi connectivity index (χ2v) is 10.4. The van der Waals surface area contributed by atoms with E-state index >= 15 is 0 Å². The first-order valence-electron chi connectivity index (χ1n) is 10.1. The number of rotatable bonds is 5. The van der Waals surface area contributed by atoms with Crippen LogP contribution in [0, 0.1) is 0 Å². The Morgan fingerprint density at radius 2 is 1.64 bits per heavy atom. The van der Waals surface area contributed by atoms with Gasteiger partial charge in [-0.15, -0.1) is 13.2 Å². The van der Waals surface area contributed by atoms with Crippen molar-refractivity contribution in [1.82, 2.24) is 9.62 Å². The van der Waals surface area contributed by atoms with Gasteiger partial charge in [0, 0.05) is 13.1 Å². The minimum atomic E-state index is -4.88. The first-order valence-corrected chi connectivity index (χ1v) is 11.6. The SMILES string of the molecule is CC(C)(C)OC(=O)N1CCC(NS(=O)(=O)c2ccc(OC(F)(F)F)cc2)(c2ccccc2)C1. The number of sulfonamides is 1. The van der Waals surface area contributed by atoms with Crippen LogP contribution in [0.3, 0.4) is 0 Å². The zero-order valence-corrected chi connectivity index (χ0v) is 19.2. The molecule has 1 amide bonds. The predicted molar refractivity (Wildman–Crippen MR) is 114 cm³/mol. The molecule has 33 heavy (non-hydrogen) atoms. The molecule has 1 fully saturated rings. The van der Waals surface area contributed by atoms with E-state index in [1.807, 2.05) is 0 Å². The molecule has 1 aliphatic heterocycles. The Morgan fingerprint density at radius 1 is 1.03 bits per heavy atom. The Labute approximate surface area is 190 Å². The van der Waals surface area contributed by atoms with Gasteiger partial charge in [-0.05, 0) is 57.0 Å². The molecule has 1 aliphatic rings. The summed E-state index contributed by atoms with van der Waals surface area (Å²) < 4.78 is 75.4. The van der Waals surface area contributed by atoms with Crippen molar-refractivity contribution in [2.75, 3.05) is 13.1 Å². The van der Waals surface area contributed by atoms with Crippen LogP contribution in [0.5, 0.6) is 5.75 Å². The number of nitrogens with zero attached hydrogens (tertiary/aromatic N) is 1. The van der Waals surface area contributed by atoms with Crippen LogP contribution in [-0.4, -0.2) is 44.5 Å². The molecule has 0 spiro atoms. The fraction of sp³-hybridized carbons (Fsp3) is 0.409. The quantitative estimate of drug-likeness (QED) is 0.677. The molecule has 1 saturated heterocycles. The normalized spacial score (nSPS) is 19.4. The van der Waals surface area contributed by atoms with Gasteiger partial charge in [0.15, 0.2) is 0 Å². The number of amides is 1.